The lowest BCUT2D eigenvalue weighted by molar-refractivity contribution is -0.143. The molecule has 1 aliphatic carbocycles. The smallest absolute Gasteiger partial charge is 0.326 e. The average Bonchev–Trinajstić information content (AvgIpc) is 2.85. The summed E-state index contributed by atoms with van der Waals surface area (Å²) in [6.45, 7) is 2.12. The quantitative estimate of drug-likeness (QED) is 0.905. The molecule has 2 aliphatic rings. The number of piperidine rings is 1. The zero-order valence-corrected chi connectivity index (χ0v) is 12.6. The molecule has 118 valence electrons. The molecule has 1 N–H and O–H groups in total. The summed E-state index contributed by atoms with van der Waals surface area (Å²) in [6, 6.07) is -0.807. The number of aliphatic carboxylic acids is 1. The summed E-state index contributed by atoms with van der Waals surface area (Å²) in [5.41, 5.74) is 1.08. The summed E-state index contributed by atoms with van der Waals surface area (Å²) in [6.07, 6.45) is 3.90. The molecule has 0 radical (unpaired) electrons. The third-order valence-electron chi connectivity index (χ3n) is 4.55. The SMILES string of the molecule is Cc1c(C(=O)N2CCCCC2C(=O)O)oc2c1C(=O)CCC2. The van der Waals surface area contributed by atoms with Crippen LogP contribution in [-0.2, 0) is 11.2 Å². The fourth-order valence-electron chi connectivity index (χ4n) is 3.41. The van der Waals surface area contributed by atoms with Crippen molar-refractivity contribution in [3.05, 3.63) is 22.6 Å². The Labute approximate surface area is 128 Å². The summed E-state index contributed by atoms with van der Waals surface area (Å²) in [7, 11) is 0. The highest BCUT2D eigenvalue weighted by molar-refractivity contribution is 6.04. The summed E-state index contributed by atoms with van der Waals surface area (Å²) in [4.78, 5) is 37.5. The number of ketones is 1. The summed E-state index contributed by atoms with van der Waals surface area (Å²) in [5, 5.41) is 9.30. The zero-order valence-electron chi connectivity index (χ0n) is 12.6. The van der Waals surface area contributed by atoms with Crippen LogP contribution < -0.4 is 0 Å². The second-order valence-electron chi connectivity index (χ2n) is 5.98. The Morgan fingerprint density at radius 1 is 1.23 bits per heavy atom. The maximum absolute atomic E-state index is 12.7. The molecule has 1 unspecified atom stereocenters. The van der Waals surface area contributed by atoms with Crippen molar-refractivity contribution < 1.29 is 23.9 Å². The molecule has 6 nitrogen and oxygen atoms in total. The van der Waals surface area contributed by atoms with Gasteiger partial charge >= 0.3 is 5.97 Å². The Bertz CT molecular complexity index is 645. The van der Waals surface area contributed by atoms with Gasteiger partial charge in [0.15, 0.2) is 11.5 Å². The van der Waals surface area contributed by atoms with Crippen LogP contribution in [0.2, 0.25) is 0 Å². The molecule has 1 amide bonds. The molecule has 6 heteroatoms. The van der Waals surface area contributed by atoms with E-state index in [1.54, 1.807) is 6.92 Å². The molecule has 1 saturated heterocycles. The Balaban J connectivity index is 1.95. The van der Waals surface area contributed by atoms with Crippen molar-refractivity contribution in [2.75, 3.05) is 6.54 Å². The lowest BCUT2D eigenvalue weighted by Crippen LogP contribution is -2.48. The third-order valence-corrected chi connectivity index (χ3v) is 4.55. The van der Waals surface area contributed by atoms with Gasteiger partial charge < -0.3 is 14.4 Å². The minimum atomic E-state index is -0.988. The van der Waals surface area contributed by atoms with Gasteiger partial charge in [0.2, 0.25) is 0 Å². The van der Waals surface area contributed by atoms with Crippen LogP contribution in [0.1, 0.15) is 64.3 Å². The lowest BCUT2D eigenvalue weighted by Gasteiger charge is -2.32. The Hall–Kier alpha value is -2.11. The summed E-state index contributed by atoms with van der Waals surface area (Å²) >= 11 is 0. The Morgan fingerprint density at radius 2 is 2.00 bits per heavy atom. The van der Waals surface area contributed by atoms with E-state index in [1.807, 2.05) is 0 Å². The van der Waals surface area contributed by atoms with E-state index in [4.69, 9.17) is 4.42 Å². The van der Waals surface area contributed by atoms with E-state index in [0.29, 0.717) is 42.7 Å². The number of Topliss-reactive ketones (excluding diaryl/α,β-unsaturated/α-hetero) is 1. The molecule has 0 bridgehead atoms. The standard InChI is InChI=1S/C16H19NO5/c1-9-13-11(18)6-4-7-12(13)22-14(9)15(19)17-8-3-2-5-10(17)16(20)21/h10H,2-8H2,1H3,(H,20,21). The van der Waals surface area contributed by atoms with Gasteiger partial charge in [-0.05, 0) is 32.6 Å². The van der Waals surface area contributed by atoms with E-state index in [9.17, 15) is 19.5 Å². The second kappa shape index (κ2) is 5.59. The topological polar surface area (TPSA) is 87.8 Å². The van der Waals surface area contributed by atoms with Crippen molar-refractivity contribution in [3.8, 4) is 0 Å². The number of fused-ring (bicyclic) bond motifs is 1. The fourth-order valence-corrected chi connectivity index (χ4v) is 3.41. The van der Waals surface area contributed by atoms with Crippen LogP contribution >= 0.6 is 0 Å². The van der Waals surface area contributed by atoms with Gasteiger partial charge in [0, 0.05) is 24.9 Å². The van der Waals surface area contributed by atoms with Crippen LogP contribution in [0, 0.1) is 6.92 Å². The molecule has 3 rings (SSSR count). The average molecular weight is 305 g/mol. The Kier molecular flexibility index (Phi) is 3.76. The van der Waals surface area contributed by atoms with Crippen LogP contribution in [0.3, 0.4) is 0 Å². The highest BCUT2D eigenvalue weighted by Gasteiger charge is 2.36. The van der Waals surface area contributed by atoms with Crippen molar-refractivity contribution in [2.24, 2.45) is 0 Å². The number of carbonyl (C=O) groups excluding carboxylic acids is 2. The molecule has 0 saturated carbocycles. The molecular weight excluding hydrogens is 286 g/mol. The Morgan fingerprint density at radius 3 is 2.68 bits per heavy atom. The van der Waals surface area contributed by atoms with Gasteiger partial charge in [-0.2, -0.15) is 0 Å². The first-order valence-corrected chi connectivity index (χ1v) is 7.70. The van der Waals surface area contributed by atoms with Crippen LogP contribution in [0.5, 0.6) is 0 Å². The van der Waals surface area contributed by atoms with Gasteiger partial charge in [-0.3, -0.25) is 9.59 Å². The minimum Gasteiger partial charge on any atom is -0.480 e. The first-order valence-electron chi connectivity index (χ1n) is 7.70. The number of nitrogens with zero attached hydrogens (tertiary/aromatic N) is 1. The van der Waals surface area contributed by atoms with Crippen molar-refractivity contribution in [1.29, 1.82) is 0 Å². The third kappa shape index (κ3) is 2.32. The van der Waals surface area contributed by atoms with Crippen molar-refractivity contribution in [2.45, 2.75) is 51.5 Å². The number of rotatable bonds is 2. The number of carbonyl (C=O) groups is 3. The van der Waals surface area contributed by atoms with Gasteiger partial charge in [0.25, 0.3) is 5.91 Å². The number of amides is 1. The van der Waals surface area contributed by atoms with E-state index < -0.39 is 17.9 Å². The number of carboxylic acid groups (broad SMARTS) is 1. The van der Waals surface area contributed by atoms with Crippen LogP contribution in [-0.4, -0.2) is 40.3 Å². The van der Waals surface area contributed by atoms with E-state index in [0.717, 1.165) is 19.3 Å². The maximum atomic E-state index is 12.7. The minimum absolute atomic E-state index is 0.00924. The normalized spacial score (nSPS) is 21.6. The molecule has 1 fully saturated rings. The number of hydrogen-bond acceptors (Lipinski definition) is 4. The van der Waals surface area contributed by atoms with Crippen LogP contribution in [0.25, 0.3) is 0 Å². The molecule has 22 heavy (non-hydrogen) atoms. The fraction of sp³-hybridized carbons (Fsp3) is 0.562. The van der Waals surface area contributed by atoms with Gasteiger partial charge in [-0.1, -0.05) is 0 Å². The molecule has 1 aromatic heterocycles. The van der Waals surface area contributed by atoms with Crippen molar-refractivity contribution >= 4 is 17.7 Å². The maximum Gasteiger partial charge on any atom is 0.326 e. The summed E-state index contributed by atoms with van der Waals surface area (Å²) in [5.74, 6) is -0.686. The largest absolute Gasteiger partial charge is 0.480 e. The predicted molar refractivity (Wildman–Crippen MR) is 77.0 cm³/mol. The van der Waals surface area contributed by atoms with Crippen LogP contribution in [0.15, 0.2) is 4.42 Å². The first kappa shape index (κ1) is 14.8. The molecule has 0 aromatic carbocycles. The van der Waals surface area contributed by atoms with E-state index in [1.165, 1.54) is 4.90 Å². The van der Waals surface area contributed by atoms with Crippen LogP contribution in [0.4, 0.5) is 0 Å². The molecule has 1 aliphatic heterocycles. The number of aryl methyl sites for hydroxylation is 1. The van der Waals surface area contributed by atoms with E-state index >= 15 is 0 Å². The molecular formula is C16H19NO5. The predicted octanol–water partition coefficient (Wildman–Crippen LogP) is 2.19. The number of hydrogen-bond donors (Lipinski definition) is 1. The highest BCUT2D eigenvalue weighted by atomic mass is 16.4. The van der Waals surface area contributed by atoms with Gasteiger partial charge in [0.1, 0.15) is 11.8 Å². The zero-order chi connectivity index (χ0) is 15.9. The number of likely N-dealkylation sites (tertiary alicyclic amines) is 1. The highest BCUT2D eigenvalue weighted by Crippen LogP contribution is 2.31. The lowest BCUT2D eigenvalue weighted by atomic mass is 9.93. The number of furan rings is 1. The molecule has 2 heterocycles. The van der Waals surface area contributed by atoms with Gasteiger partial charge in [0.05, 0.1) is 5.56 Å². The van der Waals surface area contributed by atoms with Gasteiger partial charge in [-0.25, -0.2) is 4.79 Å². The first-order chi connectivity index (χ1) is 10.5. The van der Waals surface area contributed by atoms with Crippen molar-refractivity contribution in [3.63, 3.8) is 0 Å². The molecule has 1 atom stereocenters. The molecule has 1 aromatic rings. The van der Waals surface area contributed by atoms with Gasteiger partial charge in [-0.15, -0.1) is 0 Å². The summed E-state index contributed by atoms with van der Waals surface area (Å²) < 4.78 is 5.65. The number of carboxylic acids is 1. The van der Waals surface area contributed by atoms with E-state index in [-0.39, 0.29) is 11.5 Å². The second-order valence-corrected chi connectivity index (χ2v) is 5.98. The molecule has 0 spiro atoms. The monoisotopic (exact) mass is 305 g/mol. The van der Waals surface area contributed by atoms with E-state index in [2.05, 4.69) is 0 Å². The van der Waals surface area contributed by atoms with Crippen molar-refractivity contribution in [1.82, 2.24) is 4.90 Å².